The molecule has 0 fully saturated rings. The van der Waals surface area contributed by atoms with Gasteiger partial charge in [-0.05, 0) is 55.4 Å². The van der Waals surface area contributed by atoms with Gasteiger partial charge < -0.3 is 21.1 Å². The maximum atomic E-state index is 12.2. The molecule has 2 aromatic rings. The van der Waals surface area contributed by atoms with E-state index in [1.165, 1.54) is 17.4 Å². The molecule has 0 aromatic carbocycles. The van der Waals surface area contributed by atoms with Crippen molar-refractivity contribution in [3.63, 3.8) is 0 Å². The van der Waals surface area contributed by atoms with Crippen molar-refractivity contribution in [2.75, 3.05) is 24.2 Å². The van der Waals surface area contributed by atoms with Gasteiger partial charge >= 0.3 is 6.09 Å². The third kappa shape index (κ3) is 5.10. The van der Waals surface area contributed by atoms with Gasteiger partial charge in [0.25, 0.3) is 0 Å². The average Bonchev–Trinajstić information content (AvgIpc) is 3.00. The Bertz CT molecular complexity index is 864. The quantitative estimate of drug-likeness (QED) is 0.646. The maximum absolute atomic E-state index is 12.2. The number of carbonyl (C=O) groups is 2. The Balaban J connectivity index is 1.59. The van der Waals surface area contributed by atoms with Crippen molar-refractivity contribution < 1.29 is 14.3 Å². The number of ether oxygens (including phenoxy) is 1. The van der Waals surface area contributed by atoms with Gasteiger partial charge in [-0.1, -0.05) is 6.07 Å². The molecule has 28 heavy (non-hydrogen) atoms. The number of nitrogens with one attached hydrogen (secondary N) is 2. The number of pyridine rings is 1. The van der Waals surface area contributed by atoms with Crippen LogP contribution in [0.3, 0.4) is 0 Å². The normalized spacial score (nSPS) is 15.8. The fourth-order valence-electron chi connectivity index (χ4n) is 3.10. The second-order valence-corrected chi connectivity index (χ2v) is 7.70. The van der Waals surface area contributed by atoms with Crippen molar-refractivity contribution in [2.24, 2.45) is 5.92 Å². The van der Waals surface area contributed by atoms with Crippen LogP contribution < -0.4 is 16.4 Å². The summed E-state index contributed by atoms with van der Waals surface area (Å²) in [6.07, 6.45) is 8.69. The first-order valence-electron chi connectivity index (χ1n) is 9.26. The molecular formula is C20H24N4O3S. The summed E-state index contributed by atoms with van der Waals surface area (Å²) in [7, 11) is 0. The third-order valence-corrected chi connectivity index (χ3v) is 5.71. The van der Waals surface area contributed by atoms with E-state index in [1.807, 2.05) is 19.1 Å². The minimum Gasteiger partial charge on any atom is -0.449 e. The summed E-state index contributed by atoms with van der Waals surface area (Å²) in [5, 5.41) is 6.17. The topological polar surface area (TPSA) is 106 Å². The molecule has 2 heterocycles. The first-order chi connectivity index (χ1) is 13.6. The van der Waals surface area contributed by atoms with Gasteiger partial charge in [-0.2, -0.15) is 0 Å². The Labute approximate surface area is 168 Å². The minimum absolute atomic E-state index is 0.231. The lowest BCUT2D eigenvalue weighted by atomic mass is 9.89. The molecule has 2 aromatic heterocycles. The number of hydrogen-bond acceptors (Lipinski definition) is 6. The Morgan fingerprint density at radius 2 is 2.32 bits per heavy atom. The number of nitrogen functional groups attached to an aromatic ring is 1. The zero-order chi connectivity index (χ0) is 19.9. The summed E-state index contributed by atoms with van der Waals surface area (Å²) in [5.41, 5.74) is 8.85. The van der Waals surface area contributed by atoms with Crippen molar-refractivity contribution in [1.29, 1.82) is 0 Å². The van der Waals surface area contributed by atoms with E-state index in [1.54, 1.807) is 18.5 Å². The number of anilines is 2. The molecule has 7 nitrogen and oxygen atoms in total. The number of aromatic nitrogens is 1. The van der Waals surface area contributed by atoms with Gasteiger partial charge in [0, 0.05) is 29.9 Å². The van der Waals surface area contributed by atoms with Crippen LogP contribution in [0.1, 0.15) is 29.3 Å². The number of amides is 2. The summed E-state index contributed by atoms with van der Waals surface area (Å²) in [4.78, 5) is 28.9. The standard InChI is InChI=1S/C20H24N4O3S/c1-2-23-20(26)27-12-14-5-7-15-16(10-14)28-19(18(15)21)24-17(25)8-6-13-4-3-9-22-11-13/h3-4,6,8-9,11,14H,2,5,7,10,12,21H2,1H3,(H,23,26)(H,24,25)/b8-6+/t14-/m0/s1. The number of thiophene rings is 1. The van der Waals surface area contributed by atoms with Crippen molar-refractivity contribution >= 4 is 40.1 Å². The highest BCUT2D eigenvalue weighted by Gasteiger charge is 2.26. The van der Waals surface area contributed by atoms with E-state index in [2.05, 4.69) is 15.6 Å². The van der Waals surface area contributed by atoms with Gasteiger partial charge in [0.05, 0.1) is 12.3 Å². The fourth-order valence-corrected chi connectivity index (χ4v) is 4.39. The molecule has 1 aliphatic rings. The summed E-state index contributed by atoms with van der Waals surface area (Å²) in [6, 6.07) is 3.69. The Morgan fingerprint density at radius 3 is 3.07 bits per heavy atom. The van der Waals surface area contributed by atoms with Crippen molar-refractivity contribution in [2.45, 2.75) is 26.2 Å². The van der Waals surface area contributed by atoms with Gasteiger partial charge in [-0.15, -0.1) is 11.3 Å². The highest BCUT2D eigenvalue weighted by molar-refractivity contribution is 7.17. The van der Waals surface area contributed by atoms with E-state index in [9.17, 15) is 9.59 Å². The molecule has 1 atom stereocenters. The molecule has 2 amide bonds. The van der Waals surface area contributed by atoms with Gasteiger partial charge in [0.15, 0.2) is 0 Å². The van der Waals surface area contributed by atoms with Gasteiger partial charge in [-0.25, -0.2) is 4.79 Å². The Kier molecular flexibility index (Phi) is 6.65. The lowest BCUT2D eigenvalue weighted by molar-refractivity contribution is -0.111. The van der Waals surface area contributed by atoms with Crippen molar-refractivity contribution in [3.8, 4) is 0 Å². The smallest absolute Gasteiger partial charge is 0.407 e. The molecule has 0 saturated heterocycles. The first kappa shape index (κ1) is 19.9. The predicted octanol–water partition coefficient (Wildman–Crippen LogP) is 3.23. The minimum atomic E-state index is -0.382. The van der Waals surface area contributed by atoms with E-state index in [-0.39, 0.29) is 17.9 Å². The van der Waals surface area contributed by atoms with Gasteiger partial charge in [0.1, 0.15) is 5.00 Å². The van der Waals surface area contributed by atoms with E-state index in [0.717, 1.165) is 35.3 Å². The molecule has 8 heteroatoms. The van der Waals surface area contributed by atoms with Crippen LogP contribution in [0, 0.1) is 5.92 Å². The van der Waals surface area contributed by atoms with Crippen LogP contribution in [0.25, 0.3) is 6.08 Å². The maximum Gasteiger partial charge on any atom is 0.407 e. The molecule has 148 valence electrons. The Hall–Kier alpha value is -2.87. The lowest BCUT2D eigenvalue weighted by Crippen LogP contribution is -2.27. The lowest BCUT2D eigenvalue weighted by Gasteiger charge is -2.22. The highest BCUT2D eigenvalue weighted by atomic mass is 32.1. The van der Waals surface area contributed by atoms with Gasteiger partial charge in [0.2, 0.25) is 5.91 Å². The summed E-state index contributed by atoms with van der Waals surface area (Å²) >= 11 is 1.50. The SMILES string of the molecule is CCNC(=O)OC[C@H]1CCc2c(sc(NC(=O)/C=C/c3cccnc3)c2N)C1. The molecule has 0 aliphatic heterocycles. The molecular weight excluding hydrogens is 376 g/mol. The second kappa shape index (κ2) is 9.36. The van der Waals surface area contributed by atoms with Crippen LogP contribution in [0.4, 0.5) is 15.5 Å². The number of fused-ring (bicyclic) bond motifs is 1. The molecule has 0 spiro atoms. The van der Waals surface area contributed by atoms with Gasteiger partial charge in [-0.3, -0.25) is 9.78 Å². The van der Waals surface area contributed by atoms with Crippen LogP contribution >= 0.6 is 11.3 Å². The van der Waals surface area contributed by atoms with Crippen LogP contribution in [-0.4, -0.2) is 30.1 Å². The van der Waals surface area contributed by atoms with Crippen molar-refractivity contribution in [3.05, 3.63) is 46.6 Å². The highest BCUT2D eigenvalue weighted by Crippen LogP contribution is 2.41. The zero-order valence-electron chi connectivity index (χ0n) is 15.7. The van der Waals surface area contributed by atoms with Crippen LogP contribution in [-0.2, 0) is 22.4 Å². The monoisotopic (exact) mass is 400 g/mol. The summed E-state index contributed by atoms with van der Waals surface area (Å²) in [5.74, 6) is 0.0347. The number of nitrogens with zero attached hydrogens (tertiary/aromatic N) is 1. The fraction of sp³-hybridized carbons (Fsp3) is 0.350. The van der Waals surface area contributed by atoms with Crippen molar-refractivity contribution in [1.82, 2.24) is 10.3 Å². The van der Waals surface area contributed by atoms with E-state index >= 15 is 0 Å². The number of carbonyl (C=O) groups excluding carboxylic acids is 2. The predicted molar refractivity (Wildman–Crippen MR) is 111 cm³/mol. The number of hydrogen-bond donors (Lipinski definition) is 3. The van der Waals surface area contributed by atoms with Crippen LogP contribution in [0.15, 0.2) is 30.6 Å². The van der Waals surface area contributed by atoms with E-state index in [4.69, 9.17) is 10.5 Å². The average molecular weight is 401 g/mol. The third-order valence-electron chi connectivity index (χ3n) is 4.53. The van der Waals surface area contributed by atoms with Crippen LogP contribution in [0.5, 0.6) is 0 Å². The van der Waals surface area contributed by atoms with E-state index < -0.39 is 0 Å². The molecule has 0 bridgehead atoms. The van der Waals surface area contributed by atoms with E-state index in [0.29, 0.717) is 23.8 Å². The Morgan fingerprint density at radius 1 is 1.46 bits per heavy atom. The zero-order valence-corrected chi connectivity index (χ0v) is 16.6. The molecule has 0 radical (unpaired) electrons. The molecule has 1 aliphatic carbocycles. The number of nitrogens with two attached hydrogens (primary N) is 1. The van der Waals surface area contributed by atoms with Crippen LogP contribution in [0.2, 0.25) is 0 Å². The molecule has 0 unspecified atom stereocenters. The summed E-state index contributed by atoms with van der Waals surface area (Å²) < 4.78 is 5.25. The summed E-state index contributed by atoms with van der Waals surface area (Å²) in [6.45, 7) is 2.79. The molecule has 0 saturated carbocycles. The first-order valence-corrected chi connectivity index (χ1v) is 10.1. The molecule has 4 N–H and O–H groups in total. The second-order valence-electron chi connectivity index (χ2n) is 6.59. The molecule has 3 rings (SSSR count). The number of rotatable bonds is 6. The largest absolute Gasteiger partial charge is 0.449 e. The number of alkyl carbamates (subject to hydrolysis) is 1.